The SMILES string of the molecule is CCCn1nc(-c2cccc(OCC)c2)cc(CC#N)c1=O. The predicted molar refractivity (Wildman–Crippen MR) is 84.7 cm³/mol. The summed E-state index contributed by atoms with van der Waals surface area (Å²) in [6, 6.07) is 11.3. The van der Waals surface area contributed by atoms with Crippen LogP contribution in [0.1, 0.15) is 25.8 Å². The molecular formula is C17H19N3O2. The van der Waals surface area contributed by atoms with Crippen molar-refractivity contribution in [3.8, 4) is 23.1 Å². The van der Waals surface area contributed by atoms with Crippen LogP contribution < -0.4 is 10.3 Å². The fourth-order valence-electron chi connectivity index (χ4n) is 2.22. The lowest BCUT2D eigenvalue weighted by Crippen LogP contribution is -2.26. The summed E-state index contributed by atoms with van der Waals surface area (Å²) in [5.74, 6) is 0.761. The van der Waals surface area contributed by atoms with Gasteiger partial charge in [-0.25, -0.2) is 4.68 Å². The van der Waals surface area contributed by atoms with Crippen molar-refractivity contribution >= 4 is 0 Å². The number of nitrogens with zero attached hydrogens (tertiary/aromatic N) is 3. The van der Waals surface area contributed by atoms with Gasteiger partial charge in [-0.3, -0.25) is 4.79 Å². The zero-order valence-electron chi connectivity index (χ0n) is 12.9. The Kier molecular flexibility index (Phi) is 5.31. The van der Waals surface area contributed by atoms with Crippen molar-refractivity contribution in [2.45, 2.75) is 33.2 Å². The third-order valence-electron chi connectivity index (χ3n) is 3.19. The highest BCUT2D eigenvalue weighted by molar-refractivity contribution is 5.61. The fourth-order valence-corrected chi connectivity index (χ4v) is 2.22. The van der Waals surface area contributed by atoms with Crippen molar-refractivity contribution in [1.29, 1.82) is 5.26 Å². The molecule has 0 spiro atoms. The maximum atomic E-state index is 12.2. The van der Waals surface area contributed by atoms with Gasteiger partial charge in [-0.05, 0) is 31.5 Å². The summed E-state index contributed by atoms with van der Waals surface area (Å²) >= 11 is 0. The molecule has 2 aromatic rings. The van der Waals surface area contributed by atoms with Crippen LogP contribution in [0.2, 0.25) is 0 Å². The highest BCUT2D eigenvalue weighted by Crippen LogP contribution is 2.22. The zero-order valence-corrected chi connectivity index (χ0v) is 12.9. The molecule has 0 bridgehead atoms. The Bertz CT molecular complexity index is 744. The highest BCUT2D eigenvalue weighted by Gasteiger charge is 2.10. The van der Waals surface area contributed by atoms with E-state index in [2.05, 4.69) is 5.10 Å². The third kappa shape index (κ3) is 3.53. The molecule has 0 unspecified atom stereocenters. The second-order valence-electron chi connectivity index (χ2n) is 4.88. The first-order valence-electron chi connectivity index (χ1n) is 7.40. The number of nitriles is 1. The minimum atomic E-state index is -0.187. The largest absolute Gasteiger partial charge is 0.494 e. The van der Waals surface area contributed by atoms with Crippen LogP contribution in [0.15, 0.2) is 35.1 Å². The molecule has 114 valence electrons. The average Bonchev–Trinajstić information content (AvgIpc) is 2.52. The predicted octanol–water partition coefficient (Wildman–Crippen LogP) is 2.79. The first kappa shape index (κ1) is 15.8. The van der Waals surface area contributed by atoms with Crippen molar-refractivity contribution in [1.82, 2.24) is 9.78 Å². The Labute approximate surface area is 129 Å². The molecular weight excluding hydrogens is 278 g/mol. The van der Waals surface area contributed by atoms with E-state index in [-0.39, 0.29) is 12.0 Å². The van der Waals surface area contributed by atoms with Crippen molar-refractivity contribution < 1.29 is 4.74 Å². The molecule has 0 aliphatic rings. The summed E-state index contributed by atoms with van der Waals surface area (Å²) in [4.78, 5) is 12.2. The molecule has 0 aliphatic heterocycles. The van der Waals surface area contributed by atoms with Gasteiger partial charge in [0.25, 0.3) is 5.56 Å². The topological polar surface area (TPSA) is 67.9 Å². The molecule has 0 saturated carbocycles. The first-order valence-corrected chi connectivity index (χ1v) is 7.40. The monoisotopic (exact) mass is 297 g/mol. The molecule has 0 amide bonds. The molecule has 2 rings (SSSR count). The number of hydrogen-bond donors (Lipinski definition) is 0. The van der Waals surface area contributed by atoms with Crippen LogP contribution in [-0.2, 0) is 13.0 Å². The van der Waals surface area contributed by atoms with Crippen LogP contribution in [0.3, 0.4) is 0 Å². The summed E-state index contributed by atoms with van der Waals surface area (Å²) in [5, 5.41) is 13.3. The Balaban J connectivity index is 2.52. The molecule has 5 heteroatoms. The van der Waals surface area contributed by atoms with E-state index in [1.54, 1.807) is 6.07 Å². The summed E-state index contributed by atoms with van der Waals surface area (Å²) in [6.07, 6.45) is 0.893. The fraction of sp³-hybridized carbons (Fsp3) is 0.353. The van der Waals surface area contributed by atoms with Gasteiger partial charge in [-0.15, -0.1) is 0 Å². The van der Waals surface area contributed by atoms with E-state index < -0.39 is 0 Å². The van der Waals surface area contributed by atoms with Crippen molar-refractivity contribution in [3.63, 3.8) is 0 Å². The molecule has 1 aromatic carbocycles. The molecule has 1 aromatic heterocycles. The third-order valence-corrected chi connectivity index (χ3v) is 3.19. The van der Waals surface area contributed by atoms with Crippen LogP contribution in [-0.4, -0.2) is 16.4 Å². The van der Waals surface area contributed by atoms with Gasteiger partial charge in [0, 0.05) is 17.7 Å². The lowest BCUT2D eigenvalue weighted by atomic mass is 10.1. The van der Waals surface area contributed by atoms with Gasteiger partial charge in [0.1, 0.15) is 5.75 Å². The van der Waals surface area contributed by atoms with Gasteiger partial charge in [0.2, 0.25) is 0 Å². The number of aryl methyl sites for hydroxylation is 1. The van der Waals surface area contributed by atoms with Gasteiger partial charge in [-0.1, -0.05) is 19.1 Å². The van der Waals surface area contributed by atoms with Gasteiger partial charge >= 0.3 is 0 Å². The minimum Gasteiger partial charge on any atom is -0.494 e. The van der Waals surface area contributed by atoms with Crippen molar-refractivity contribution in [3.05, 3.63) is 46.2 Å². The Morgan fingerprint density at radius 2 is 2.14 bits per heavy atom. The summed E-state index contributed by atoms with van der Waals surface area (Å²) in [7, 11) is 0. The molecule has 1 heterocycles. The van der Waals surface area contributed by atoms with Crippen LogP contribution in [0, 0.1) is 11.3 Å². The van der Waals surface area contributed by atoms with E-state index >= 15 is 0 Å². The standard InChI is InChI=1S/C17H19N3O2/c1-3-10-20-17(21)14(8-9-18)12-16(19-20)13-6-5-7-15(11-13)22-4-2/h5-7,11-12H,3-4,8,10H2,1-2H3. The van der Waals surface area contributed by atoms with Crippen molar-refractivity contribution in [2.75, 3.05) is 6.61 Å². The van der Waals surface area contributed by atoms with E-state index in [1.807, 2.05) is 44.2 Å². The Hall–Kier alpha value is -2.61. The molecule has 0 atom stereocenters. The second-order valence-corrected chi connectivity index (χ2v) is 4.88. The number of ether oxygens (including phenoxy) is 1. The number of hydrogen-bond acceptors (Lipinski definition) is 4. The molecule has 22 heavy (non-hydrogen) atoms. The van der Waals surface area contributed by atoms with Crippen LogP contribution in [0.25, 0.3) is 11.3 Å². The van der Waals surface area contributed by atoms with E-state index in [4.69, 9.17) is 10.00 Å². The van der Waals surface area contributed by atoms with Gasteiger partial charge < -0.3 is 4.74 Å². The molecule has 0 saturated heterocycles. The average molecular weight is 297 g/mol. The quantitative estimate of drug-likeness (QED) is 0.822. The number of aromatic nitrogens is 2. The minimum absolute atomic E-state index is 0.0865. The Morgan fingerprint density at radius 3 is 2.82 bits per heavy atom. The van der Waals surface area contributed by atoms with Crippen molar-refractivity contribution in [2.24, 2.45) is 0 Å². The van der Waals surface area contributed by atoms with Crippen LogP contribution in [0.5, 0.6) is 5.75 Å². The summed E-state index contributed by atoms with van der Waals surface area (Å²) in [6.45, 7) is 5.04. The van der Waals surface area contributed by atoms with Crippen LogP contribution >= 0.6 is 0 Å². The van der Waals surface area contributed by atoms with Crippen LogP contribution in [0.4, 0.5) is 0 Å². The van der Waals surface area contributed by atoms with E-state index in [1.165, 1.54) is 4.68 Å². The first-order chi connectivity index (χ1) is 10.7. The summed E-state index contributed by atoms with van der Waals surface area (Å²) < 4.78 is 6.94. The van der Waals surface area contributed by atoms with E-state index in [0.29, 0.717) is 24.4 Å². The maximum Gasteiger partial charge on any atom is 0.271 e. The molecule has 0 aliphatic carbocycles. The molecule has 5 nitrogen and oxygen atoms in total. The molecule has 0 fully saturated rings. The lowest BCUT2D eigenvalue weighted by molar-refractivity contribution is 0.340. The highest BCUT2D eigenvalue weighted by atomic mass is 16.5. The number of benzene rings is 1. The smallest absolute Gasteiger partial charge is 0.271 e. The van der Waals surface area contributed by atoms with Gasteiger partial charge in [-0.2, -0.15) is 10.4 Å². The molecule has 0 radical (unpaired) electrons. The molecule has 0 N–H and O–H groups in total. The zero-order chi connectivity index (χ0) is 15.9. The van der Waals surface area contributed by atoms with E-state index in [9.17, 15) is 4.79 Å². The maximum absolute atomic E-state index is 12.2. The Morgan fingerprint density at radius 1 is 1.32 bits per heavy atom. The van der Waals surface area contributed by atoms with E-state index in [0.717, 1.165) is 17.7 Å². The summed E-state index contributed by atoms with van der Waals surface area (Å²) in [5.41, 5.74) is 1.84. The van der Waals surface area contributed by atoms with Gasteiger partial charge in [0.15, 0.2) is 0 Å². The second kappa shape index (κ2) is 7.41. The number of rotatable bonds is 6. The normalized spacial score (nSPS) is 10.2. The van der Waals surface area contributed by atoms with Gasteiger partial charge in [0.05, 0.1) is 24.8 Å². The lowest BCUT2D eigenvalue weighted by Gasteiger charge is -2.10.